The molecule has 2 saturated carbocycles. The van der Waals surface area contributed by atoms with Crippen molar-refractivity contribution >= 4 is 17.7 Å². The summed E-state index contributed by atoms with van der Waals surface area (Å²) in [6.07, 6.45) is 7.93. The Labute approximate surface area is 114 Å². The average Bonchev–Trinajstić information content (AvgIpc) is 2.95. The summed E-state index contributed by atoms with van der Waals surface area (Å²) in [7, 11) is 1.44. The van der Waals surface area contributed by atoms with Crippen LogP contribution in [0.5, 0.6) is 0 Å². The van der Waals surface area contributed by atoms with Crippen LogP contribution in [0.2, 0.25) is 0 Å². The summed E-state index contributed by atoms with van der Waals surface area (Å²) in [5.41, 5.74) is 6.30. The lowest BCUT2D eigenvalue weighted by Crippen LogP contribution is -2.35. The van der Waals surface area contributed by atoms with E-state index in [1.165, 1.54) is 45.6 Å². The maximum absolute atomic E-state index is 10.9. The molecule has 0 aliphatic heterocycles. The van der Waals surface area contributed by atoms with Crippen molar-refractivity contribution in [2.24, 2.45) is 23.5 Å². The fourth-order valence-electron chi connectivity index (χ4n) is 3.68. The number of fused-ring (bicyclic) bond motifs is 2. The van der Waals surface area contributed by atoms with Gasteiger partial charge in [0.2, 0.25) is 0 Å². The smallest absolute Gasteiger partial charge is 0.315 e. The van der Waals surface area contributed by atoms with Crippen molar-refractivity contribution in [1.29, 1.82) is 0 Å². The molecule has 0 amide bonds. The quantitative estimate of drug-likeness (QED) is 0.571. The number of rotatable bonds is 7. The van der Waals surface area contributed by atoms with Gasteiger partial charge in [0.05, 0.1) is 12.9 Å². The van der Waals surface area contributed by atoms with Gasteiger partial charge in [-0.3, -0.25) is 4.79 Å². The van der Waals surface area contributed by atoms with Gasteiger partial charge < -0.3 is 10.5 Å². The van der Waals surface area contributed by atoms with Crippen molar-refractivity contribution in [3.63, 3.8) is 0 Å². The van der Waals surface area contributed by atoms with Crippen molar-refractivity contribution in [2.45, 2.75) is 44.6 Å². The molecule has 3 nitrogen and oxygen atoms in total. The third-order valence-electron chi connectivity index (χ3n) is 4.68. The first-order valence-electron chi connectivity index (χ1n) is 7.12. The molecule has 0 aromatic carbocycles. The van der Waals surface area contributed by atoms with Crippen LogP contribution in [-0.4, -0.2) is 30.6 Å². The van der Waals surface area contributed by atoms with Gasteiger partial charge in [-0.15, -0.1) is 0 Å². The molecule has 18 heavy (non-hydrogen) atoms. The summed E-state index contributed by atoms with van der Waals surface area (Å²) in [5.74, 6) is 3.97. The van der Waals surface area contributed by atoms with E-state index in [4.69, 9.17) is 5.73 Å². The molecule has 0 heterocycles. The number of hydrogen-bond donors (Lipinski definition) is 1. The average molecular weight is 271 g/mol. The number of ether oxygens (including phenoxy) is 1. The van der Waals surface area contributed by atoms with Crippen molar-refractivity contribution in [3.8, 4) is 0 Å². The zero-order chi connectivity index (χ0) is 13.0. The van der Waals surface area contributed by atoms with Crippen molar-refractivity contribution in [1.82, 2.24) is 0 Å². The molecule has 2 rings (SSSR count). The van der Waals surface area contributed by atoms with Gasteiger partial charge >= 0.3 is 5.97 Å². The van der Waals surface area contributed by atoms with E-state index in [1.807, 2.05) is 0 Å². The number of thioether (sulfide) groups is 1. The lowest BCUT2D eigenvalue weighted by atomic mass is 9.82. The summed E-state index contributed by atoms with van der Waals surface area (Å²) in [4.78, 5) is 10.9. The minimum atomic E-state index is -0.116. The summed E-state index contributed by atoms with van der Waals surface area (Å²) < 4.78 is 4.61. The number of hydrogen-bond acceptors (Lipinski definition) is 4. The molecule has 2 aliphatic carbocycles. The largest absolute Gasteiger partial charge is 0.468 e. The molecule has 0 spiro atoms. The highest BCUT2D eigenvalue weighted by atomic mass is 32.2. The number of esters is 1. The lowest BCUT2D eigenvalue weighted by Gasteiger charge is -2.28. The lowest BCUT2D eigenvalue weighted by molar-refractivity contribution is -0.137. The fraction of sp³-hybridized carbons (Fsp3) is 0.929. The summed E-state index contributed by atoms with van der Waals surface area (Å²) >= 11 is 1.68. The number of carbonyl (C=O) groups excluding carboxylic acids is 1. The van der Waals surface area contributed by atoms with Crippen molar-refractivity contribution in [3.05, 3.63) is 0 Å². The van der Waals surface area contributed by atoms with E-state index >= 15 is 0 Å². The van der Waals surface area contributed by atoms with Crippen LogP contribution in [0.25, 0.3) is 0 Å². The minimum Gasteiger partial charge on any atom is -0.468 e. The van der Waals surface area contributed by atoms with E-state index in [0.717, 1.165) is 23.5 Å². The molecule has 0 aromatic heterocycles. The second-order valence-corrected chi connectivity index (χ2v) is 6.80. The molecule has 2 fully saturated rings. The van der Waals surface area contributed by atoms with E-state index in [1.54, 1.807) is 11.8 Å². The van der Waals surface area contributed by atoms with Crippen molar-refractivity contribution in [2.75, 3.05) is 18.6 Å². The van der Waals surface area contributed by atoms with Gasteiger partial charge in [-0.2, -0.15) is 11.8 Å². The number of nitrogens with two attached hydrogens (primary N) is 1. The fourth-order valence-corrected chi connectivity index (χ4v) is 4.52. The molecule has 2 N–H and O–H groups in total. The third kappa shape index (κ3) is 3.41. The first kappa shape index (κ1) is 14.2. The molecule has 104 valence electrons. The number of methoxy groups -OCH3 is 1. The van der Waals surface area contributed by atoms with Crippen molar-refractivity contribution < 1.29 is 9.53 Å². The van der Waals surface area contributed by atoms with E-state index < -0.39 is 0 Å². The maximum atomic E-state index is 10.9. The van der Waals surface area contributed by atoms with Crippen LogP contribution in [-0.2, 0) is 9.53 Å². The first-order valence-corrected chi connectivity index (χ1v) is 8.28. The Morgan fingerprint density at radius 2 is 2.11 bits per heavy atom. The third-order valence-corrected chi connectivity index (χ3v) is 5.70. The highest BCUT2D eigenvalue weighted by Crippen LogP contribution is 2.49. The minimum absolute atomic E-state index is 0.116. The van der Waals surface area contributed by atoms with Crippen LogP contribution in [0.1, 0.15) is 38.5 Å². The number of unbranched alkanes of at least 4 members (excludes halogenated alkanes) is 1. The van der Waals surface area contributed by atoms with Crippen LogP contribution < -0.4 is 5.73 Å². The van der Waals surface area contributed by atoms with E-state index in [2.05, 4.69) is 4.74 Å². The normalized spacial score (nSPS) is 33.9. The zero-order valence-corrected chi connectivity index (χ0v) is 12.1. The molecule has 2 aliphatic rings. The van der Waals surface area contributed by atoms with Gasteiger partial charge in [0.25, 0.3) is 0 Å². The predicted molar refractivity (Wildman–Crippen MR) is 75.5 cm³/mol. The standard InChI is InChI=1S/C14H25NO2S/c1-17-13(16)9-18-7-3-2-4-12-10-5-6-11(8-10)14(12)15/h10-12,14H,2-9,15H2,1H3/t10-,11+,12-,14-/m0/s1. The monoisotopic (exact) mass is 271 g/mol. The zero-order valence-electron chi connectivity index (χ0n) is 11.3. The Hall–Kier alpha value is -0.220. The van der Waals surface area contributed by atoms with Crippen LogP contribution in [0.3, 0.4) is 0 Å². The first-order chi connectivity index (χ1) is 8.72. The molecule has 0 saturated heterocycles. The molecular weight excluding hydrogens is 246 g/mol. The van der Waals surface area contributed by atoms with Gasteiger partial charge in [-0.25, -0.2) is 0 Å². The van der Waals surface area contributed by atoms with E-state index in [0.29, 0.717) is 11.8 Å². The van der Waals surface area contributed by atoms with Crippen LogP contribution in [0.4, 0.5) is 0 Å². The summed E-state index contributed by atoms with van der Waals surface area (Å²) in [6, 6.07) is 0.478. The molecule has 4 atom stereocenters. The molecule has 0 radical (unpaired) electrons. The molecule has 0 unspecified atom stereocenters. The van der Waals surface area contributed by atoms with Gasteiger partial charge in [-0.05, 0) is 55.6 Å². The topological polar surface area (TPSA) is 52.3 Å². The number of carbonyl (C=O) groups is 1. The predicted octanol–water partition coefficient (Wildman–Crippen LogP) is 2.44. The Balaban J connectivity index is 1.52. The SMILES string of the molecule is COC(=O)CSCCCC[C@H]1[C@H]2CC[C@H](C2)[C@@H]1N. The Morgan fingerprint density at radius 1 is 1.33 bits per heavy atom. The second-order valence-electron chi connectivity index (χ2n) is 5.70. The van der Waals surface area contributed by atoms with Crippen LogP contribution in [0.15, 0.2) is 0 Å². The van der Waals surface area contributed by atoms with Crippen LogP contribution >= 0.6 is 11.8 Å². The molecular formula is C14H25NO2S. The second kappa shape index (κ2) is 6.80. The highest BCUT2D eigenvalue weighted by Gasteiger charge is 2.44. The Morgan fingerprint density at radius 3 is 2.78 bits per heavy atom. The summed E-state index contributed by atoms with van der Waals surface area (Å²) in [5, 5.41) is 0. The van der Waals surface area contributed by atoms with Gasteiger partial charge in [0.15, 0.2) is 0 Å². The van der Waals surface area contributed by atoms with Crippen LogP contribution in [0, 0.1) is 17.8 Å². The van der Waals surface area contributed by atoms with Gasteiger partial charge in [-0.1, -0.05) is 6.42 Å². The van der Waals surface area contributed by atoms with E-state index in [9.17, 15) is 4.79 Å². The maximum Gasteiger partial charge on any atom is 0.315 e. The molecule has 0 aromatic rings. The molecule has 4 heteroatoms. The van der Waals surface area contributed by atoms with Gasteiger partial charge in [0.1, 0.15) is 0 Å². The van der Waals surface area contributed by atoms with Gasteiger partial charge in [0, 0.05) is 6.04 Å². The Kier molecular flexibility index (Phi) is 5.37. The molecule has 2 bridgehead atoms. The Bertz CT molecular complexity index is 283. The highest BCUT2D eigenvalue weighted by molar-refractivity contribution is 7.99. The summed E-state index contributed by atoms with van der Waals surface area (Å²) in [6.45, 7) is 0. The van der Waals surface area contributed by atoms with E-state index in [-0.39, 0.29) is 5.97 Å².